The Bertz CT molecular complexity index is 576. The van der Waals surface area contributed by atoms with E-state index < -0.39 is 0 Å². The molecule has 9 rings (SSSR count). The minimum atomic E-state index is -0.336. The van der Waals surface area contributed by atoms with Gasteiger partial charge in [-0.2, -0.15) is 0 Å². The predicted octanol–water partition coefficient (Wildman–Crippen LogP) is 3.30. The molecule has 0 heterocycles. The van der Waals surface area contributed by atoms with Crippen molar-refractivity contribution in [2.75, 3.05) is 0 Å². The van der Waals surface area contributed by atoms with Crippen LogP contribution in [0.25, 0.3) is 0 Å². The molecule has 0 aromatic carbocycles. The Morgan fingerprint density at radius 3 is 2.39 bits per heavy atom. The first kappa shape index (κ1) is 13.7. The van der Waals surface area contributed by atoms with E-state index in [0.29, 0.717) is 10.8 Å². The maximum atomic E-state index is 12.5. The number of rotatable bonds is 3. The summed E-state index contributed by atoms with van der Waals surface area (Å²) in [5, 5.41) is 11.0. The first-order valence-electron chi connectivity index (χ1n) is 9.81. The van der Waals surface area contributed by atoms with Gasteiger partial charge in [0, 0.05) is 0 Å². The third-order valence-electron chi connectivity index (χ3n) is 9.58. The minimum Gasteiger partial charge on any atom is -0.459 e. The van der Waals surface area contributed by atoms with Gasteiger partial charge in [0.1, 0.15) is 5.60 Å². The molecule has 3 heteroatoms. The number of hydrogen-bond acceptors (Lipinski definition) is 3. The second-order valence-corrected chi connectivity index (χ2v) is 10.4. The summed E-state index contributed by atoms with van der Waals surface area (Å²) in [4.78, 5) is 12.5. The lowest BCUT2D eigenvalue weighted by atomic mass is 9.16. The molecule has 8 bridgehead atoms. The number of carbonyl (C=O) groups is 1. The van der Waals surface area contributed by atoms with Gasteiger partial charge in [0.15, 0.2) is 0 Å². The molecule has 0 radical (unpaired) electrons. The molecule has 5 atom stereocenters. The topological polar surface area (TPSA) is 46.5 Å². The normalized spacial score (nSPS) is 64.0. The Morgan fingerprint density at radius 2 is 1.78 bits per heavy atom. The van der Waals surface area contributed by atoms with E-state index in [4.69, 9.17) is 4.74 Å². The van der Waals surface area contributed by atoms with Crippen LogP contribution in [0.4, 0.5) is 0 Å². The smallest absolute Gasteiger partial charge is 0.309 e. The Morgan fingerprint density at radius 1 is 1.13 bits per heavy atom. The molecule has 2 spiro atoms. The Labute approximate surface area is 138 Å². The molecule has 1 N–H and O–H groups in total. The molecule has 9 aliphatic carbocycles. The van der Waals surface area contributed by atoms with E-state index in [-0.39, 0.29) is 23.1 Å². The summed E-state index contributed by atoms with van der Waals surface area (Å²) >= 11 is 0. The van der Waals surface area contributed by atoms with Gasteiger partial charge in [-0.25, -0.2) is 0 Å². The lowest BCUT2D eigenvalue weighted by molar-refractivity contribution is -0.433. The molecule has 0 aromatic rings. The van der Waals surface area contributed by atoms with Gasteiger partial charge in [0.05, 0.1) is 11.5 Å². The first-order valence-corrected chi connectivity index (χ1v) is 9.81. The van der Waals surface area contributed by atoms with E-state index >= 15 is 0 Å². The second kappa shape index (κ2) is 3.52. The number of hydrogen-bond donors (Lipinski definition) is 1. The van der Waals surface area contributed by atoms with Gasteiger partial charge in [0.2, 0.25) is 0 Å². The molecule has 9 aliphatic rings. The third-order valence-corrected chi connectivity index (χ3v) is 9.58. The van der Waals surface area contributed by atoms with Gasteiger partial charge in [-0.1, -0.05) is 13.8 Å². The summed E-state index contributed by atoms with van der Waals surface area (Å²) in [6.45, 7) is 4.07. The lowest BCUT2D eigenvalue weighted by Crippen LogP contribution is -2.86. The van der Waals surface area contributed by atoms with Crippen LogP contribution in [0.15, 0.2) is 0 Å². The van der Waals surface area contributed by atoms with Crippen LogP contribution in [0.5, 0.6) is 0 Å². The van der Waals surface area contributed by atoms with Crippen molar-refractivity contribution in [2.45, 2.75) is 76.4 Å². The van der Waals surface area contributed by atoms with E-state index in [1.54, 1.807) is 0 Å². The van der Waals surface area contributed by atoms with Gasteiger partial charge in [-0.3, -0.25) is 4.79 Å². The van der Waals surface area contributed by atoms with Gasteiger partial charge in [-0.15, -0.1) is 0 Å². The molecular formula is C20H28O3. The van der Waals surface area contributed by atoms with Crippen LogP contribution in [0.2, 0.25) is 0 Å². The van der Waals surface area contributed by atoms with Crippen molar-refractivity contribution >= 4 is 5.97 Å². The number of aliphatic hydroxyl groups is 1. The van der Waals surface area contributed by atoms with E-state index in [9.17, 15) is 9.90 Å². The van der Waals surface area contributed by atoms with E-state index in [1.165, 1.54) is 6.42 Å². The molecule has 0 aliphatic heterocycles. The Balaban J connectivity index is 1.38. The lowest BCUT2D eigenvalue weighted by Gasteiger charge is -2.89. The van der Waals surface area contributed by atoms with E-state index in [2.05, 4.69) is 6.92 Å². The van der Waals surface area contributed by atoms with E-state index in [1.807, 2.05) is 6.92 Å². The van der Waals surface area contributed by atoms with Crippen molar-refractivity contribution < 1.29 is 14.6 Å². The summed E-state index contributed by atoms with van der Waals surface area (Å²) in [6.07, 6.45) is 8.69. The van der Waals surface area contributed by atoms with Gasteiger partial charge >= 0.3 is 5.97 Å². The highest BCUT2D eigenvalue weighted by atomic mass is 16.6. The van der Waals surface area contributed by atoms with Crippen molar-refractivity contribution in [3.05, 3.63) is 0 Å². The van der Waals surface area contributed by atoms with Crippen molar-refractivity contribution in [1.82, 2.24) is 0 Å². The molecule has 0 saturated heterocycles. The Kier molecular flexibility index (Phi) is 2.09. The molecule has 23 heavy (non-hydrogen) atoms. The standard InChI is InChI=1S/C20H28O3/c1-3-11(2)16(21)23-18-5-13-12-4-17(22)8-19(13)10-20(9-17,14(12)6-18)15(19)7-18/h11-15,22H,3-10H2,1-2H3. The summed E-state index contributed by atoms with van der Waals surface area (Å²) in [5.74, 6) is 2.99. The quantitative estimate of drug-likeness (QED) is 0.813. The van der Waals surface area contributed by atoms with Crippen LogP contribution in [0.3, 0.4) is 0 Å². The molecule has 3 nitrogen and oxygen atoms in total. The molecule has 5 unspecified atom stereocenters. The van der Waals surface area contributed by atoms with Crippen molar-refractivity contribution in [3.63, 3.8) is 0 Å². The fourth-order valence-corrected chi connectivity index (χ4v) is 9.15. The van der Waals surface area contributed by atoms with Crippen LogP contribution in [0.1, 0.15) is 65.2 Å². The van der Waals surface area contributed by atoms with Crippen LogP contribution in [0, 0.1) is 40.4 Å². The second-order valence-electron chi connectivity index (χ2n) is 10.4. The zero-order valence-electron chi connectivity index (χ0n) is 14.3. The van der Waals surface area contributed by atoms with Gasteiger partial charge < -0.3 is 9.84 Å². The number of ether oxygens (including phenoxy) is 1. The zero-order valence-corrected chi connectivity index (χ0v) is 14.3. The van der Waals surface area contributed by atoms with Gasteiger partial charge in [0.25, 0.3) is 0 Å². The summed E-state index contributed by atoms with van der Waals surface area (Å²) in [7, 11) is 0. The first-order chi connectivity index (χ1) is 10.9. The highest BCUT2D eigenvalue weighted by Gasteiger charge is 2.87. The SMILES string of the molecule is CCC(C)C(=O)OC12CC3C4CC5(O)CC36CC(C5)(C4C1)C6C2. The van der Waals surface area contributed by atoms with E-state index in [0.717, 1.165) is 68.6 Å². The average molecular weight is 316 g/mol. The van der Waals surface area contributed by atoms with Crippen LogP contribution < -0.4 is 0 Å². The molecule has 126 valence electrons. The molecule has 0 aromatic heterocycles. The number of carbonyl (C=O) groups excluding carboxylic acids is 1. The highest BCUT2D eigenvalue weighted by molar-refractivity contribution is 5.72. The van der Waals surface area contributed by atoms with Crippen LogP contribution in [-0.2, 0) is 9.53 Å². The zero-order chi connectivity index (χ0) is 15.8. The number of esters is 1. The fourth-order valence-electron chi connectivity index (χ4n) is 9.15. The molecular weight excluding hydrogens is 288 g/mol. The maximum absolute atomic E-state index is 12.5. The minimum absolute atomic E-state index is 0.0298. The average Bonchev–Trinajstić information content (AvgIpc) is 2.49. The molecule has 0 amide bonds. The summed E-state index contributed by atoms with van der Waals surface area (Å²) in [5.41, 5.74) is 0.382. The Hall–Kier alpha value is -0.570. The largest absolute Gasteiger partial charge is 0.459 e. The summed E-state index contributed by atoms with van der Waals surface area (Å²) < 4.78 is 6.22. The summed E-state index contributed by atoms with van der Waals surface area (Å²) in [6, 6.07) is 0. The molecule has 9 fully saturated rings. The monoisotopic (exact) mass is 316 g/mol. The molecule has 9 saturated carbocycles. The van der Waals surface area contributed by atoms with Crippen molar-refractivity contribution in [1.29, 1.82) is 0 Å². The fraction of sp³-hybridized carbons (Fsp3) is 0.950. The maximum Gasteiger partial charge on any atom is 0.309 e. The van der Waals surface area contributed by atoms with Gasteiger partial charge in [-0.05, 0) is 85.9 Å². The third kappa shape index (κ3) is 1.25. The van der Waals surface area contributed by atoms with Crippen LogP contribution >= 0.6 is 0 Å². The van der Waals surface area contributed by atoms with Crippen molar-refractivity contribution in [3.8, 4) is 0 Å². The van der Waals surface area contributed by atoms with Crippen LogP contribution in [-0.4, -0.2) is 22.3 Å². The predicted molar refractivity (Wildman–Crippen MR) is 84.4 cm³/mol. The highest BCUT2D eigenvalue weighted by Crippen LogP contribution is 2.91. The van der Waals surface area contributed by atoms with Crippen molar-refractivity contribution in [2.24, 2.45) is 40.4 Å².